The van der Waals surface area contributed by atoms with Gasteiger partial charge in [0.15, 0.2) is 0 Å². The first-order valence-corrected chi connectivity index (χ1v) is 6.76. The zero-order chi connectivity index (χ0) is 15.5. The fraction of sp³-hybridized carbons (Fsp3) is 0.235. The predicted molar refractivity (Wildman–Crippen MR) is 84.3 cm³/mol. The van der Waals surface area contributed by atoms with Gasteiger partial charge >= 0.3 is 0 Å². The summed E-state index contributed by atoms with van der Waals surface area (Å²) in [5.41, 5.74) is 7.23. The molecule has 0 aliphatic heterocycles. The highest BCUT2D eigenvalue weighted by molar-refractivity contribution is 5.89. The molecule has 2 aromatic carbocycles. The van der Waals surface area contributed by atoms with Gasteiger partial charge in [-0.1, -0.05) is 36.4 Å². The van der Waals surface area contributed by atoms with E-state index in [0.29, 0.717) is 5.75 Å². The van der Waals surface area contributed by atoms with E-state index in [4.69, 9.17) is 10.5 Å². The Morgan fingerprint density at radius 1 is 1.14 bits per heavy atom. The van der Waals surface area contributed by atoms with Crippen LogP contribution in [-0.2, 0) is 10.3 Å². The maximum Gasteiger partial charge on any atom is 0.247 e. The number of amides is 1. The molecule has 110 valence electrons. The maximum absolute atomic E-state index is 12.1. The van der Waals surface area contributed by atoms with Crippen LogP contribution in [0.15, 0.2) is 48.5 Å². The first-order chi connectivity index (χ1) is 9.99. The molecule has 0 aliphatic rings. The lowest BCUT2D eigenvalue weighted by molar-refractivity contribution is -0.122. The summed E-state index contributed by atoms with van der Waals surface area (Å²) in [5, 5.41) is 3.23. The average Bonchev–Trinajstić information content (AvgIpc) is 2.48. The quantitative estimate of drug-likeness (QED) is 0.887. The molecule has 4 heteroatoms. The van der Waals surface area contributed by atoms with E-state index in [1.807, 2.05) is 55.5 Å². The molecule has 0 aliphatic carbocycles. The van der Waals surface area contributed by atoms with Gasteiger partial charge in [-0.25, -0.2) is 0 Å². The molecular weight excluding hydrogens is 264 g/mol. The van der Waals surface area contributed by atoms with Crippen LogP contribution in [0.4, 0.5) is 5.69 Å². The molecule has 1 unspecified atom stereocenters. The van der Waals surface area contributed by atoms with Crippen LogP contribution < -0.4 is 15.8 Å². The van der Waals surface area contributed by atoms with Gasteiger partial charge in [0, 0.05) is 0 Å². The molecule has 1 atom stereocenters. The Morgan fingerprint density at radius 3 is 2.38 bits per heavy atom. The number of methoxy groups -OCH3 is 1. The number of nitrogens with two attached hydrogens (primary N) is 1. The van der Waals surface area contributed by atoms with Crippen molar-refractivity contribution in [1.82, 2.24) is 0 Å². The van der Waals surface area contributed by atoms with E-state index in [0.717, 1.165) is 16.8 Å². The van der Waals surface area contributed by atoms with Crippen LogP contribution in [0.1, 0.15) is 18.1 Å². The van der Waals surface area contributed by atoms with Crippen LogP contribution in [0.3, 0.4) is 0 Å². The Balaban J connectivity index is 2.49. The second kappa shape index (κ2) is 5.87. The summed E-state index contributed by atoms with van der Waals surface area (Å²) < 4.78 is 5.32. The Bertz CT molecular complexity index is 655. The van der Waals surface area contributed by atoms with Crippen LogP contribution in [0.5, 0.6) is 5.75 Å². The van der Waals surface area contributed by atoms with Gasteiger partial charge in [-0.15, -0.1) is 0 Å². The number of nitrogens with one attached hydrogen (secondary N) is 1. The van der Waals surface area contributed by atoms with E-state index in [1.54, 1.807) is 14.0 Å². The monoisotopic (exact) mass is 284 g/mol. The number of para-hydroxylation sites is 2. The summed E-state index contributed by atoms with van der Waals surface area (Å²) >= 11 is 0. The summed E-state index contributed by atoms with van der Waals surface area (Å²) in [7, 11) is 1.59. The number of rotatable bonds is 5. The standard InChI is InChI=1S/C17H20N2O2/c1-12-8-4-5-9-13(12)17(2,16(18)20)19-14-10-6-7-11-15(14)21-3/h4-11,19H,1-3H3,(H2,18,20). The van der Waals surface area contributed by atoms with E-state index in [-0.39, 0.29) is 0 Å². The van der Waals surface area contributed by atoms with E-state index in [9.17, 15) is 4.79 Å². The van der Waals surface area contributed by atoms with Gasteiger partial charge in [0.2, 0.25) is 5.91 Å². The van der Waals surface area contributed by atoms with Gasteiger partial charge in [-0.3, -0.25) is 4.79 Å². The number of carbonyl (C=O) groups excluding carboxylic acids is 1. The van der Waals surface area contributed by atoms with Crippen LogP contribution in [0, 0.1) is 6.92 Å². The van der Waals surface area contributed by atoms with E-state index in [1.165, 1.54) is 0 Å². The van der Waals surface area contributed by atoms with Crippen molar-refractivity contribution in [2.45, 2.75) is 19.4 Å². The Morgan fingerprint density at radius 2 is 1.76 bits per heavy atom. The zero-order valence-corrected chi connectivity index (χ0v) is 12.5. The van der Waals surface area contributed by atoms with Crippen molar-refractivity contribution < 1.29 is 9.53 Å². The summed E-state index contributed by atoms with van der Waals surface area (Å²) in [4.78, 5) is 12.1. The van der Waals surface area contributed by atoms with Gasteiger partial charge in [-0.05, 0) is 37.1 Å². The average molecular weight is 284 g/mol. The Hall–Kier alpha value is -2.49. The first kappa shape index (κ1) is 14.9. The lowest BCUT2D eigenvalue weighted by atomic mass is 9.87. The molecule has 0 spiro atoms. The lowest BCUT2D eigenvalue weighted by Crippen LogP contribution is -2.45. The van der Waals surface area contributed by atoms with E-state index in [2.05, 4.69) is 5.32 Å². The highest BCUT2D eigenvalue weighted by atomic mass is 16.5. The maximum atomic E-state index is 12.1. The van der Waals surface area contributed by atoms with Crippen LogP contribution in [0.2, 0.25) is 0 Å². The smallest absolute Gasteiger partial charge is 0.247 e. The third-order valence-corrected chi connectivity index (χ3v) is 3.67. The van der Waals surface area contributed by atoms with Crippen LogP contribution in [-0.4, -0.2) is 13.0 Å². The predicted octanol–water partition coefficient (Wildman–Crippen LogP) is 2.82. The van der Waals surface area contributed by atoms with Gasteiger partial charge in [0.1, 0.15) is 11.3 Å². The molecule has 0 saturated heterocycles. The molecule has 0 bridgehead atoms. The highest BCUT2D eigenvalue weighted by Gasteiger charge is 2.35. The molecule has 2 aromatic rings. The minimum Gasteiger partial charge on any atom is -0.495 e. The van der Waals surface area contributed by atoms with Gasteiger partial charge in [0.05, 0.1) is 12.8 Å². The molecule has 21 heavy (non-hydrogen) atoms. The number of anilines is 1. The van der Waals surface area contributed by atoms with Crippen molar-refractivity contribution in [3.63, 3.8) is 0 Å². The molecule has 0 radical (unpaired) electrons. The number of benzene rings is 2. The Kier molecular flexibility index (Phi) is 4.17. The molecule has 0 saturated carbocycles. The van der Waals surface area contributed by atoms with Crippen LogP contribution in [0.25, 0.3) is 0 Å². The minimum atomic E-state index is -1.01. The topological polar surface area (TPSA) is 64.3 Å². The molecule has 3 N–H and O–H groups in total. The van der Waals surface area contributed by atoms with Crippen molar-refractivity contribution in [3.8, 4) is 5.75 Å². The summed E-state index contributed by atoms with van der Waals surface area (Å²) in [5.74, 6) is 0.223. The van der Waals surface area contributed by atoms with Gasteiger partial charge in [0.25, 0.3) is 0 Å². The normalized spacial score (nSPS) is 13.3. The third kappa shape index (κ3) is 2.84. The van der Waals surface area contributed by atoms with E-state index < -0.39 is 11.4 Å². The SMILES string of the molecule is COc1ccccc1NC(C)(C(N)=O)c1ccccc1C. The fourth-order valence-electron chi connectivity index (χ4n) is 2.41. The number of carbonyl (C=O) groups is 1. The van der Waals surface area contributed by atoms with Crippen molar-refractivity contribution >= 4 is 11.6 Å². The molecular formula is C17H20N2O2. The lowest BCUT2D eigenvalue weighted by Gasteiger charge is -2.31. The zero-order valence-electron chi connectivity index (χ0n) is 12.5. The van der Waals surface area contributed by atoms with Crippen molar-refractivity contribution in [1.29, 1.82) is 0 Å². The van der Waals surface area contributed by atoms with Crippen molar-refractivity contribution in [3.05, 3.63) is 59.7 Å². The van der Waals surface area contributed by atoms with Crippen molar-refractivity contribution in [2.75, 3.05) is 12.4 Å². The van der Waals surface area contributed by atoms with Gasteiger partial charge < -0.3 is 15.8 Å². The molecule has 4 nitrogen and oxygen atoms in total. The second-order valence-corrected chi connectivity index (χ2v) is 5.13. The fourth-order valence-corrected chi connectivity index (χ4v) is 2.41. The molecule has 1 amide bonds. The third-order valence-electron chi connectivity index (χ3n) is 3.67. The first-order valence-electron chi connectivity index (χ1n) is 6.76. The molecule has 2 rings (SSSR count). The number of hydrogen-bond acceptors (Lipinski definition) is 3. The summed E-state index contributed by atoms with van der Waals surface area (Å²) in [6.45, 7) is 3.74. The number of ether oxygens (including phenoxy) is 1. The Labute approximate surface area is 124 Å². The second-order valence-electron chi connectivity index (χ2n) is 5.13. The largest absolute Gasteiger partial charge is 0.495 e. The number of primary amides is 1. The molecule has 0 fully saturated rings. The summed E-state index contributed by atoms with van der Waals surface area (Å²) in [6.07, 6.45) is 0. The minimum absolute atomic E-state index is 0.442. The highest BCUT2D eigenvalue weighted by Crippen LogP contribution is 2.32. The number of aryl methyl sites for hydroxylation is 1. The van der Waals surface area contributed by atoms with Gasteiger partial charge in [-0.2, -0.15) is 0 Å². The molecule has 0 heterocycles. The number of hydrogen-bond donors (Lipinski definition) is 2. The molecule has 0 aromatic heterocycles. The van der Waals surface area contributed by atoms with Crippen molar-refractivity contribution in [2.24, 2.45) is 5.73 Å². The van der Waals surface area contributed by atoms with Crippen LogP contribution >= 0.6 is 0 Å². The summed E-state index contributed by atoms with van der Waals surface area (Å²) in [6, 6.07) is 15.1. The van der Waals surface area contributed by atoms with E-state index >= 15 is 0 Å².